The molecule has 0 amide bonds. The van der Waals surface area contributed by atoms with Gasteiger partial charge in [0.05, 0.1) is 7.11 Å². The van der Waals surface area contributed by atoms with E-state index >= 15 is 0 Å². The molecule has 0 aliphatic heterocycles. The number of ether oxygens (including phenoxy) is 1. The van der Waals surface area contributed by atoms with Gasteiger partial charge in [0.1, 0.15) is 5.88 Å². The van der Waals surface area contributed by atoms with Crippen molar-refractivity contribution in [2.45, 2.75) is 12.8 Å². The van der Waals surface area contributed by atoms with E-state index in [9.17, 15) is 0 Å². The summed E-state index contributed by atoms with van der Waals surface area (Å²) in [5.41, 5.74) is 0.925. The summed E-state index contributed by atoms with van der Waals surface area (Å²) in [5, 5.41) is 0. The van der Waals surface area contributed by atoms with Gasteiger partial charge in [-0.05, 0) is 18.5 Å². The Bertz CT molecular complexity index is 263. The summed E-state index contributed by atoms with van der Waals surface area (Å²) in [5.74, 6) is 0.646. The maximum atomic E-state index is 4.98. The van der Waals surface area contributed by atoms with Gasteiger partial charge in [-0.2, -0.15) is 0 Å². The standard InChI is InChI=1S/C10H12NO.Li/c1-3-4-6-9-7-5-8-10(11-9)12-2;/h3,5,8H,1,4,6H2,2H3;/q-1;+1. The molecule has 0 spiro atoms. The van der Waals surface area contributed by atoms with Crippen molar-refractivity contribution in [3.05, 3.63) is 36.5 Å². The Morgan fingerprint density at radius 2 is 2.46 bits per heavy atom. The Morgan fingerprint density at radius 1 is 1.69 bits per heavy atom. The molecule has 1 heterocycles. The molecule has 1 aromatic heterocycles. The summed E-state index contributed by atoms with van der Waals surface area (Å²) in [6.07, 6.45) is 3.67. The third-order valence-corrected chi connectivity index (χ3v) is 1.52. The minimum atomic E-state index is 0. The molecular weight excluding hydrogens is 157 g/mol. The van der Waals surface area contributed by atoms with Gasteiger partial charge in [-0.3, -0.25) is 4.98 Å². The summed E-state index contributed by atoms with van der Waals surface area (Å²) >= 11 is 0. The van der Waals surface area contributed by atoms with Gasteiger partial charge in [0.15, 0.2) is 0 Å². The number of nitrogens with zero attached hydrogens (tertiary/aromatic N) is 1. The van der Waals surface area contributed by atoms with Gasteiger partial charge < -0.3 is 4.74 Å². The van der Waals surface area contributed by atoms with E-state index in [4.69, 9.17) is 4.74 Å². The Hall–Kier alpha value is -0.713. The van der Waals surface area contributed by atoms with Gasteiger partial charge in [-0.1, -0.05) is 6.08 Å². The molecule has 0 atom stereocenters. The van der Waals surface area contributed by atoms with Crippen LogP contribution < -0.4 is 23.6 Å². The Kier molecular flexibility index (Phi) is 6.40. The van der Waals surface area contributed by atoms with Crippen LogP contribution in [0, 0.1) is 6.07 Å². The SMILES string of the molecule is C=CCCc1[c-]ccc(OC)n1.[Li+]. The van der Waals surface area contributed by atoms with Crippen molar-refractivity contribution >= 4 is 0 Å². The Balaban J connectivity index is 0.00000144. The monoisotopic (exact) mass is 169 g/mol. The van der Waals surface area contributed by atoms with Gasteiger partial charge in [0.2, 0.25) is 0 Å². The first kappa shape index (κ1) is 12.3. The number of pyridine rings is 1. The zero-order valence-electron chi connectivity index (χ0n) is 8.21. The number of allylic oxidation sites excluding steroid dienone is 1. The molecule has 64 valence electrons. The molecule has 0 aliphatic carbocycles. The van der Waals surface area contributed by atoms with Crippen molar-refractivity contribution < 1.29 is 23.6 Å². The number of rotatable bonds is 4. The van der Waals surface area contributed by atoms with Gasteiger partial charge in [0, 0.05) is 0 Å². The average Bonchev–Trinajstić information content (AvgIpc) is 2.15. The van der Waals surface area contributed by atoms with E-state index in [0.717, 1.165) is 18.5 Å². The normalized spacial score (nSPS) is 8.69. The molecule has 0 radical (unpaired) electrons. The van der Waals surface area contributed by atoms with Crippen molar-refractivity contribution in [1.29, 1.82) is 0 Å². The smallest absolute Gasteiger partial charge is 0.497 e. The van der Waals surface area contributed by atoms with Crippen LogP contribution >= 0.6 is 0 Å². The van der Waals surface area contributed by atoms with Crippen LogP contribution in [0.5, 0.6) is 5.88 Å². The fraction of sp³-hybridized carbons (Fsp3) is 0.300. The number of hydrogen-bond acceptors (Lipinski definition) is 2. The number of aromatic nitrogens is 1. The fourth-order valence-corrected chi connectivity index (χ4v) is 0.892. The maximum absolute atomic E-state index is 4.98. The summed E-state index contributed by atoms with van der Waals surface area (Å²) in [6.45, 7) is 3.65. The van der Waals surface area contributed by atoms with E-state index in [0.29, 0.717) is 5.88 Å². The van der Waals surface area contributed by atoms with Crippen molar-refractivity contribution in [1.82, 2.24) is 4.98 Å². The summed E-state index contributed by atoms with van der Waals surface area (Å²) in [4.78, 5) is 4.20. The van der Waals surface area contributed by atoms with Crippen LogP contribution in [0.1, 0.15) is 12.1 Å². The molecule has 3 heteroatoms. The van der Waals surface area contributed by atoms with Crippen LogP contribution in [0.2, 0.25) is 0 Å². The molecule has 0 bridgehead atoms. The number of aryl methyl sites for hydroxylation is 1. The summed E-state index contributed by atoms with van der Waals surface area (Å²) in [7, 11) is 1.61. The molecule has 13 heavy (non-hydrogen) atoms. The third-order valence-electron chi connectivity index (χ3n) is 1.52. The molecule has 0 fully saturated rings. The van der Waals surface area contributed by atoms with Crippen molar-refractivity contribution in [2.75, 3.05) is 7.11 Å². The number of methoxy groups -OCH3 is 1. The molecule has 0 N–H and O–H groups in total. The largest absolute Gasteiger partial charge is 1.00 e. The summed E-state index contributed by atoms with van der Waals surface area (Å²) < 4.78 is 4.98. The molecule has 1 rings (SSSR count). The van der Waals surface area contributed by atoms with E-state index in [-0.39, 0.29) is 18.9 Å². The second kappa shape index (κ2) is 6.77. The maximum Gasteiger partial charge on any atom is 1.00 e. The minimum Gasteiger partial charge on any atom is -0.497 e. The van der Waals surface area contributed by atoms with E-state index in [1.807, 2.05) is 12.1 Å². The van der Waals surface area contributed by atoms with E-state index in [1.165, 1.54) is 0 Å². The van der Waals surface area contributed by atoms with Crippen molar-refractivity contribution in [3.63, 3.8) is 0 Å². The van der Waals surface area contributed by atoms with E-state index in [1.54, 1.807) is 13.2 Å². The summed E-state index contributed by atoms with van der Waals surface area (Å²) in [6, 6.07) is 6.65. The van der Waals surface area contributed by atoms with Crippen LogP contribution in [-0.2, 0) is 6.42 Å². The van der Waals surface area contributed by atoms with E-state index in [2.05, 4.69) is 17.6 Å². The second-order valence-corrected chi connectivity index (χ2v) is 2.41. The molecule has 0 saturated heterocycles. The van der Waals surface area contributed by atoms with Crippen LogP contribution in [0.15, 0.2) is 24.8 Å². The van der Waals surface area contributed by atoms with Crippen molar-refractivity contribution in [3.8, 4) is 5.88 Å². The van der Waals surface area contributed by atoms with Gasteiger partial charge in [-0.15, -0.1) is 12.6 Å². The van der Waals surface area contributed by atoms with Crippen LogP contribution in [-0.4, -0.2) is 12.1 Å². The molecule has 0 aliphatic rings. The van der Waals surface area contributed by atoms with Crippen LogP contribution in [0.25, 0.3) is 0 Å². The molecular formula is C10H12LiNO. The fourth-order valence-electron chi connectivity index (χ4n) is 0.892. The Morgan fingerprint density at radius 3 is 3.08 bits per heavy atom. The van der Waals surface area contributed by atoms with Crippen molar-refractivity contribution in [2.24, 2.45) is 0 Å². The third kappa shape index (κ3) is 4.17. The molecule has 2 nitrogen and oxygen atoms in total. The zero-order chi connectivity index (χ0) is 8.81. The molecule has 0 unspecified atom stereocenters. The van der Waals surface area contributed by atoms with Gasteiger partial charge in [0.25, 0.3) is 0 Å². The Labute approximate surface area is 91.2 Å². The van der Waals surface area contributed by atoms with Gasteiger partial charge in [-0.25, -0.2) is 12.1 Å². The van der Waals surface area contributed by atoms with Crippen LogP contribution in [0.4, 0.5) is 0 Å². The molecule has 0 aromatic carbocycles. The quantitative estimate of drug-likeness (QED) is 0.328. The first-order valence-corrected chi connectivity index (χ1v) is 3.89. The topological polar surface area (TPSA) is 22.1 Å². The minimum absolute atomic E-state index is 0. The molecule has 1 aromatic rings. The second-order valence-electron chi connectivity index (χ2n) is 2.41. The predicted octanol–water partition coefficient (Wildman–Crippen LogP) is -0.987. The molecule has 0 saturated carbocycles. The van der Waals surface area contributed by atoms with Crippen LogP contribution in [0.3, 0.4) is 0 Å². The average molecular weight is 169 g/mol. The number of hydrogen-bond donors (Lipinski definition) is 0. The zero-order valence-corrected chi connectivity index (χ0v) is 8.21. The van der Waals surface area contributed by atoms with Gasteiger partial charge >= 0.3 is 18.9 Å². The first-order chi connectivity index (χ1) is 5.86. The first-order valence-electron chi connectivity index (χ1n) is 3.89. The predicted molar refractivity (Wildman–Crippen MR) is 48.1 cm³/mol. The van der Waals surface area contributed by atoms with E-state index < -0.39 is 0 Å².